The molecular formula is C22H27ClN2O3. The van der Waals surface area contributed by atoms with Crippen LogP contribution in [-0.4, -0.2) is 50.2 Å². The van der Waals surface area contributed by atoms with E-state index in [1.807, 2.05) is 54.3 Å². The fraction of sp³-hybridized carbons (Fsp3) is 0.409. The van der Waals surface area contributed by atoms with Crippen LogP contribution in [-0.2, 0) is 4.79 Å². The van der Waals surface area contributed by atoms with E-state index in [1.165, 1.54) is 5.56 Å². The number of anilines is 1. The summed E-state index contributed by atoms with van der Waals surface area (Å²) in [6.45, 7) is 6.97. The van der Waals surface area contributed by atoms with Crippen LogP contribution in [0.5, 0.6) is 11.5 Å². The first-order chi connectivity index (χ1) is 13.5. The van der Waals surface area contributed by atoms with Crippen LogP contribution in [0.3, 0.4) is 0 Å². The molecule has 2 aromatic carbocycles. The predicted octanol–water partition coefficient (Wildman–Crippen LogP) is 4.16. The van der Waals surface area contributed by atoms with E-state index in [2.05, 4.69) is 11.8 Å². The van der Waals surface area contributed by atoms with Gasteiger partial charge in [0.25, 0.3) is 5.91 Å². The normalized spacial score (nSPS) is 15.3. The van der Waals surface area contributed by atoms with Crippen molar-refractivity contribution in [2.24, 2.45) is 0 Å². The molecule has 0 unspecified atom stereocenters. The van der Waals surface area contributed by atoms with Gasteiger partial charge >= 0.3 is 0 Å². The molecule has 1 aliphatic heterocycles. The lowest BCUT2D eigenvalue weighted by atomic mass is 10.1. The molecule has 1 atom stereocenters. The van der Waals surface area contributed by atoms with Gasteiger partial charge in [-0.1, -0.05) is 24.6 Å². The van der Waals surface area contributed by atoms with E-state index in [0.29, 0.717) is 25.3 Å². The molecule has 0 radical (unpaired) electrons. The average molecular weight is 403 g/mol. The standard InChI is InChI=1S/C22H27ClN2O3/c1-4-21(28-19-9-7-18(27-3)8-10-19)22(26)25-13-11-24(12-14-25)20-15-17(23)6-5-16(20)2/h5-10,15,21H,4,11-14H2,1-3H3/t21-/m1/s1. The highest BCUT2D eigenvalue weighted by atomic mass is 35.5. The largest absolute Gasteiger partial charge is 0.497 e. The molecule has 2 aromatic rings. The molecular weight excluding hydrogens is 376 g/mol. The van der Waals surface area contributed by atoms with Crippen LogP contribution < -0.4 is 14.4 Å². The van der Waals surface area contributed by atoms with Gasteiger partial charge in [-0.25, -0.2) is 0 Å². The van der Waals surface area contributed by atoms with Crippen molar-refractivity contribution in [2.45, 2.75) is 26.4 Å². The van der Waals surface area contributed by atoms with Crippen molar-refractivity contribution in [3.8, 4) is 11.5 Å². The maximum Gasteiger partial charge on any atom is 0.263 e. The number of nitrogens with zero attached hydrogens (tertiary/aromatic N) is 2. The van der Waals surface area contributed by atoms with Gasteiger partial charge < -0.3 is 19.3 Å². The van der Waals surface area contributed by atoms with Crippen molar-refractivity contribution in [2.75, 3.05) is 38.2 Å². The van der Waals surface area contributed by atoms with Crippen LogP contribution in [0.15, 0.2) is 42.5 Å². The summed E-state index contributed by atoms with van der Waals surface area (Å²) >= 11 is 6.16. The average Bonchev–Trinajstić information content (AvgIpc) is 2.74. The number of ether oxygens (including phenoxy) is 2. The Labute approximate surface area is 171 Å². The zero-order valence-electron chi connectivity index (χ0n) is 16.7. The number of halogens is 1. The Morgan fingerprint density at radius 3 is 2.32 bits per heavy atom. The predicted molar refractivity (Wildman–Crippen MR) is 113 cm³/mol. The number of aryl methyl sites for hydroxylation is 1. The van der Waals surface area contributed by atoms with Gasteiger partial charge in [0.15, 0.2) is 6.10 Å². The molecule has 1 fully saturated rings. The Morgan fingerprint density at radius 1 is 1.07 bits per heavy atom. The van der Waals surface area contributed by atoms with E-state index in [0.717, 1.165) is 29.5 Å². The Morgan fingerprint density at radius 2 is 1.71 bits per heavy atom. The fourth-order valence-corrected chi connectivity index (χ4v) is 3.59. The van der Waals surface area contributed by atoms with Gasteiger partial charge in [0.1, 0.15) is 11.5 Å². The molecule has 3 rings (SSSR count). The number of hydrogen-bond donors (Lipinski definition) is 0. The van der Waals surface area contributed by atoms with Crippen molar-refractivity contribution >= 4 is 23.2 Å². The minimum absolute atomic E-state index is 0.0424. The number of piperazine rings is 1. The Balaban J connectivity index is 1.60. The third-order valence-corrected chi connectivity index (χ3v) is 5.32. The van der Waals surface area contributed by atoms with E-state index in [9.17, 15) is 4.79 Å². The van der Waals surface area contributed by atoms with E-state index in [4.69, 9.17) is 21.1 Å². The first kappa shape index (κ1) is 20.3. The highest BCUT2D eigenvalue weighted by molar-refractivity contribution is 6.30. The Hall–Kier alpha value is -2.40. The van der Waals surface area contributed by atoms with Crippen LogP contribution >= 0.6 is 11.6 Å². The molecule has 0 saturated carbocycles. The van der Waals surface area contributed by atoms with Crippen molar-refractivity contribution < 1.29 is 14.3 Å². The number of amides is 1. The molecule has 5 nitrogen and oxygen atoms in total. The number of benzene rings is 2. The molecule has 28 heavy (non-hydrogen) atoms. The second-order valence-corrected chi connectivity index (χ2v) is 7.37. The summed E-state index contributed by atoms with van der Waals surface area (Å²) in [7, 11) is 1.62. The van der Waals surface area contributed by atoms with E-state index < -0.39 is 6.10 Å². The Bertz CT molecular complexity index is 802. The molecule has 0 N–H and O–H groups in total. The number of rotatable bonds is 6. The van der Waals surface area contributed by atoms with Gasteiger partial charge in [0, 0.05) is 36.9 Å². The van der Waals surface area contributed by atoms with Crippen LogP contribution in [0, 0.1) is 6.92 Å². The summed E-state index contributed by atoms with van der Waals surface area (Å²) in [4.78, 5) is 17.1. The SMILES string of the molecule is CC[C@@H](Oc1ccc(OC)cc1)C(=O)N1CCN(c2cc(Cl)ccc2C)CC1. The summed E-state index contributed by atoms with van der Waals surface area (Å²) in [5.74, 6) is 1.48. The highest BCUT2D eigenvalue weighted by Crippen LogP contribution is 2.26. The quantitative estimate of drug-likeness (QED) is 0.727. The third kappa shape index (κ3) is 4.71. The van der Waals surface area contributed by atoms with Crippen LogP contribution in [0.4, 0.5) is 5.69 Å². The molecule has 6 heteroatoms. The lowest BCUT2D eigenvalue weighted by Crippen LogP contribution is -2.52. The van der Waals surface area contributed by atoms with Crippen LogP contribution in [0.2, 0.25) is 5.02 Å². The molecule has 1 aliphatic rings. The second-order valence-electron chi connectivity index (χ2n) is 6.93. The summed E-state index contributed by atoms with van der Waals surface area (Å²) in [5, 5.41) is 0.734. The number of methoxy groups -OCH3 is 1. The number of carbonyl (C=O) groups is 1. The first-order valence-electron chi connectivity index (χ1n) is 9.62. The van der Waals surface area contributed by atoms with Crippen molar-refractivity contribution in [1.29, 1.82) is 0 Å². The second kappa shape index (κ2) is 9.20. The first-order valence-corrected chi connectivity index (χ1v) is 10.00. The van der Waals surface area contributed by atoms with Gasteiger partial charge in [-0.05, 0) is 55.3 Å². The topological polar surface area (TPSA) is 42.0 Å². The van der Waals surface area contributed by atoms with Gasteiger partial charge in [-0.3, -0.25) is 4.79 Å². The molecule has 0 aromatic heterocycles. The van der Waals surface area contributed by atoms with Gasteiger partial charge in [-0.15, -0.1) is 0 Å². The lowest BCUT2D eigenvalue weighted by molar-refractivity contribution is -0.139. The summed E-state index contributed by atoms with van der Waals surface area (Å²) < 4.78 is 11.1. The number of hydrogen-bond acceptors (Lipinski definition) is 4. The summed E-state index contributed by atoms with van der Waals surface area (Å²) in [6.07, 6.45) is 0.145. The third-order valence-electron chi connectivity index (χ3n) is 5.09. The molecule has 1 heterocycles. The molecule has 1 amide bonds. The molecule has 1 saturated heterocycles. The zero-order chi connectivity index (χ0) is 20.1. The van der Waals surface area contributed by atoms with E-state index in [-0.39, 0.29) is 5.91 Å². The Kier molecular flexibility index (Phi) is 6.68. The van der Waals surface area contributed by atoms with Crippen molar-refractivity contribution in [3.05, 3.63) is 53.1 Å². The molecule has 0 bridgehead atoms. The smallest absolute Gasteiger partial charge is 0.263 e. The van der Waals surface area contributed by atoms with Gasteiger partial charge in [-0.2, -0.15) is 0 Å². The summed E-state index contributed by atoms with van der Waals surface area (Å²) in [6, 6.07) is 13.3. The maximum absolute atomic E-state index is 13.0. The minimum atomic E-state index is -0.479. The van der Waals surface area contributed by atoms with Crippen molar-refractivity contribution in [1.82, 2.24) is 4.90 Å². The lowest BCUT2D eigenvalue weighted by Gasteiger charge is -2.38. The van der Waals surface area contributed by atoms with E-state index in [1.54, 1.807) is 7.11 Å². The van der Waals surface area contributed by atoms with Crippen molar-refractivity contribution in [3.63, 3.8) is 0 Å². The molecule has 0 aliphatic carbocycles. The minimum Gasteiger partial charge on any atom is -0.497 e. The van der Waals surface area contributed by atoms with Gasteiger partial charge in [0.05, 0.1) is 7.11 Å². The molecule has 150 valence electrons. The van der Waals surface area contributed by atoms with Crippen LogP contribution in [0.1, 0.15) is 18.9 Å². The maximum atomic E-state index is 13.0. The number of carbonyl (C=O) groups excluding carboxylic acids is 1. The highest BCUT2D eigenvalue weighted by Gasteiger charge is 2.28. The molecule has 0 spiro atoms. The van der Waals surface area contributed by atoms with E-state index >= 15 is 0 Å². The van der Waals surface area contributed by atoms with Gasteiger partial charge in [0.2, 0.25) is 0 Å². The monoisotopic (exact) mass is 402 g/mol. The fourth-order valence-electron chi connectivity index (χ4n) is 3.42. The van der Waals surface area contributed by atoms with Crippen LogP contribution in [0.25, 0.3) is 0 Å². The zero-order valence-corrected chi connectivity index (χ0v) is 17.4. The summed E-state index contributed by atoms with van der Waals surface area (Å²) in [5.41, 5.74) is 2.33.